The van der Waals surface area contributed by atoms with Crippen LogP contribution in [0, 0.1) is 6.92 Å². The number of hydrogen-bond donors (Lipinski definition) is 1. The highest BCUT2D eigenvalue weighted by Gasteiger charge is 2.12. The molecular weight excluding hydrogens is 186 g/mol. The zero-order valence-electron chi connectivity index (χ0n) is 8.86. The molecule has 15 heavy (non-hydrogen) atoms. The van der Waals surface area contributed by atoms with E-state index < -0.39 is 0 Å². The van der Waals surface area contributed by atoms with E-state index in [1.165, 1.54) is 11.0 Å². The van der Waals surface area contributed by atoms with E-state index in [1.54, 1.807) is 0 Å². The van der Waals surface area contributed by atoms with Gasteiger partial charge in [-0.2, -0.15) is 0 Å². The monoisotopic (exact) mass is 199 g/mol. The van der Waals surface area contributed by atoms with E-state index in [0.717, 1.165) is 16.9 Å². The molecule has 0 unspecified atom stereocenters. The number of rotatable bonds is 0. The Morgan fingerprint density at radius 2 is 1.80 bits per heavy atom. The molecule has 0 amide bonds. The Bertz CT molecular complexity index is 658. The lowest BCUT2D eigenvalue weighted by atomic mass is 10.3. The van der Waals surface area contributed by atoms with Gasteiger partial charge in [0.2, 0.25) is 0 Å². The van der Waals surface area contributed by atoms with Gasteiger partial charge >= 0.3 is 0 Å². The zero-order valence-corrected chi connectivity index (χ0v) is 8.86. The molecule has 3 aromatic rings. The molecule has 76 valence electrons. The number of aromatic nitrogens is 2. The second-order valence-corrected chi connectivity index (χ2v) is 3.97. The van der Waals surface area contributed by atoms with E-state index in [9.17, 15) is 0 Å². The number of anilines is 1. The van der Waals surface area contributed by atoms with Crippen molar-refractivity contribution in [3.05, 3.63) is 36.0 Å². The molecule has 0 saturated heterocycles. The van der Waals surface area contributed by atoms with E-state index in [-0.39, 0.29) is 0 Å². The molecule has 0 saturated carbocycles. The Morgan fingerprint density at radius 3 is 2.53 bits per heavy atom. The molecule has 0 aliphatic heterocycles. The lowest BCUT2D eigenvalue weighted by Gasteiger charge is -1.96. The van der Waals surface area contributed by atoms with Crippen LogP contribution in [0.15, 0.2) is 30.5 Å². The molecule has 2 heterocycles. The minimum absolute atomic E-state index is 0.869. The Hall–Kier alpha value is -1.90. The lowest BCUT2D eigenvalue weighted by Crippen LogP contribution is -1.92. The molecule has 0 aliphatic rings. The summed E-state index contributed by atoms with van der Waals surface area (Å²) in [5.74, 6) is 0. The highest BCUT2D eigenvalue weighted by Crippen LogP contribution is 2.27. The summed E-state index contributed by atoms with van der Waals surface area (Å²) in [6.45, 7) is 2.04. The van der Waals surface area contributed by atoms with Crippen LogP contribution in [-0.4, -0.2) is 8.97 Å². The van der Waals surface area contributed by atoms with Crippen LogP contribution >= 0.6 is 0 Å². The number of nitrogens with zero attached hydrogens (tertiary/aromatic N) is 2. The largest absolute Gasteiger partial charge is 0.396 e. The first-order valence-electron chi connectivity index (χ1n) is 5.00. The van der Waals surface area contributed by atoms with Crippen molar-refractivity contribution in [2.75, 3.05) is 5.73 Å². The van der Waals surface area contributed by atoms with Gasteiger partial charge in [0.05, 0.1) is 16.7 Å². The number of para-hydroxylation sites is 2. The fourth-order valence-corrected chi connectivity index (χ4v) is 2.22. The Balaban J connectivity index is 2.67. The van der Waals surface area contributed by atoms with Crippen molar-refractivity contribution in [1.82, 2.24) is 8.97 Å². The molecule has 0 aliphatic carbocycles. The topological polar surface area (TPSA) is 35.4 Å². The van der Waals surface area contributed by atoms with Crippen LogP contribution in [0.1, 0.15) is 5.56 Å². The van der Waals surface area contributed by atoms with Gasteiger partial charge in [-0.3, -0.25) is 4.40 Å². The summed E-state index contributed by atoms with van der Waals surface area (Å²) >= 11 is 0. The summed E-state index contributed by atoms with van der Waals surface area (Å²) in [5, 5.41) is 0. The molecule has 2 aromatic heterocycles. The number of hydrogen-bond acceptors (Lipinski definition) is 1. The van der Waals surface area contributed by atoms with Crippen LogP contribution in [0.5, 0.6) is 0 Å². The zero-order chi connectivity index (χ0) is 10.6. The summed E-state index contributed by atoms with van der Waals surface area (Å²) in [6, 6.07) is 8.32. The van der Waals surface area contributed by atoms with Crippen molar-refractivity contribution >= 4 is 22.4 Å². The average Bonchev–Trinajstić information content (AvgIpc) is 2.68. The highest BCUT2D eigenvalue weighted by molar-refractivity contribution is 5.87. The van der Waals surface area contributed by atoms with Crippen LogP contribution in [0.2, 0.25) is 0 Å². The van der Waals surface area contributed by atoms with Gasteiger partial charge < -0.3 is 10.3 Å². The summed E-state index contributed by atoms with van der Waals surface area (Å²) in [6.07, 6.45) is 2.09. The normalized spacial score (nSPS) is 11.6. The smallest absolute Gasteiger partial charge is 0.141 e. The van der Waals surface area contributed by atoms with Crippen LogP contribution in [-0.2, 0) is 7.05 Å². The van der Waals surface area contributed by atoms with Gasteiger partial charge in [-0.15, -0.1) is 0 Å². The van der Waals surface area contributed by atoms with E-state index in [2.05, 4.69) is 27.3 Å². The van der Waals surface area contributed by atoms with Gasteiger partial charge in [0.15, 0.2) is 0 Å². The summed E-state index contributed by atoms with van der Waals surface area (Å²) in [5.41, 5.74) is 11.5. The van der Waals surface area contributed by atoms with Crippen molar-refractivity contribution in [3.63, 3.8) is 0 Å². The lowest BCUT2D eigenvalue weighted by molar-refractivity contribution is 0.995. The molecule has 0 atom stereocenters. The molecule has 3 nitrogen and oxygen atoms in total. The molecule has 3 rings (SSSR count). The van der Waals surface area contributed by atoms with E-state index in [1.807, 2.05) is 26.1 Å². The number of nitrogens with two attached hydrogens (primary N) is 1. The van der Waals surface area contributed by atoms with Gasteiger partial charge in [0.1, 0.15) is 5.65 Å². The first-order chi connectivity index (χ1) is 7.20. The average molecular weight is 199 g/mol. The van der Waals surface area contributed by atoms with Crippen molar-refractivity contribution in [1.29, 1.82) is 0 Å². The molecule has 0 fully saturated rings. The highest BCUT2D eigenvalue weighted by atomic mass is 15.1. The van der Waals surface area contributed by atoms with Gasteiger partial charge in [0.25, 0.3) is 0 Å². The minimum atomic E-state index is 0.869. The number of nitrogen functional groups attached to an aromatic ring is 1. The second kappa shape index (κ2) is 2.57. The third-order valence-electron chi connectivity index (χ3n) is 3.04. The van der Waals surface area contributed by atoms with Crippen LogP contribution in [0.3, 0.4) is 0 Å². The number of fused-ring (bicyclic) bond motifs is 3. The Morgan fingerprint density at radius 1 is 1.13 bits per heavy atom. The molecule has 0 radical (unpaired) electrons. The molecule has 3 heteroatoms. The van der Waals surface area contributed by atoms with Crippen molar-refractivity contribution < 1.29 is 0 Å². The molecule has 0 spiro atoms. The van der Waals surface area contributed by atoms with E-state index in [4.69, 9.17) is 5.73 Å². The molecular formula is C12H13N3. The summed E-state index contributed by atoms with van der Waals surface area (Å²) < 4.78 is 4.29. The number of imidazole rings is 1. The maximum atomic E-state index is 6.06. The third kappa shape index (κ3) is 0.897. The Labute approximate surface area is 87.7 Å². The van der Waals surface area contributed by atoms with Crippen molar-refractivity contribution in [2.45, 2.75) is 6.92 Å². The predicted molar refractivity (Wildman–Crippen MR) is 63.0 cm³/mol. The van der Waals surface area contributed by atoms with Gasteiger partial charge in [-0.05, 0) is 24.6 Å². The van der Waals surface area contributed by atoms with Gasteiger partial charge in [-0.1, -0.05) is 12.1 Å². The second-order valence-electron chi connectivity index (χ2n) is 3.97. The minimum Gasteiger partial charge on any atom is -0.396 e. The number of aryl methyl sites for hydroxylation is 2. The van der Waals surface area contributed by atoms with Crippen molar-refractivity contribution in [3.8, 4) is 0 Å². The maximum absolute atomic E-state index is 6.06. The van der Waals surface area contributed by atoms with E-state index in [0.29, 0.717) is 0 Å². The van der Waals surface area contributed by atoms with Crippen LogP contribution in [0.4, 0.5) is 5.69 Å². The van der Waals surface area contributed by atoms with Crippen LogP contribution in [0.25, 0.3) is 16.7 Å². The standard InChI is InChI=1S/C12H13N3/c1-8-7-15-10-6-4-3-5-9(10)14(2)12(15)11(8)13/h3-7H,13H2,1-2H3. The fraction of sp³-hybridized carbons (Fsp3) is 0.167. The maximum Gasteiger partial charge on any atom is 0.141 e. The van der Waals surface area contributed by atoms with Crippen molar-refractivity contribution in [2.24, 2.45) is 7.05 Å². The fourth-order valence-electron chi connectivity index (χ4n) is 2.22. The Kier molecular flexibility index (Phi) is 1.44. The molecule has 0 bridgehead atoms. The first kappa shape index (κ1) is 8.41. The van der Waals surface area contributed by atoms with E-state index >= 15 is 0 Å². The number of benzene rings is 1. The summed E-state index contributed by atoms with van der Waals surface area (Å²) in [4.78, 5) is 0. The summed E-state index contributed by atoms with van der Waals surface area (Å²) in [7, 11) is 2.05. The van der Waals surface area contributed by atoms with Gasteiger partial charge in [0, 0.05) is 13.2 Å². The molecule has 1 aromatic carbocycles. The SMILES string of the molecule is Cc1cn2c3ccccc3n(C)c2c1N. The van der Waals surface area contributed by atoms with Gasteiger partial charge in [-0.25, -0.2) is 0 Å². The quantitative estimate of drug-likeness (QED) is 0.592. The van der Waals surface area contributed by atoms with Crippen LogP contribution < -0.4 is 5.73 Å². The first-order valence-corrected chi connectivity index (χ1v) is 5.00. The third-order valence-corrected chi connectivity index (χ3v) is 3.04. The molecule has 2 N–H and O–H groups in total. The predicted octanol–water partition coefficient (Wildman–Crippen LogP) is 2.32.